The highest BCUT2D eigenvalue weighted by Gasteiger charge is 2.31. The molecule has 3 heterocycles. The summed E-state index contributed by atoms with van der Waals surface area (Å²) in [6.45, 7) is 4.18. The summed E-state index contributed by atoms with van der Waals surface area (Å²) in [5, 5.41) is 9.92. The second-order valence-corrected chi connectivity index (χ2v) is 11.1. The van der Waals surface area contributed by atoms with Crippen LogP contribution in [-0.2, 0) is 0 Å². The van der Waals surface area contributed by atoms with E-state index < -0.39 is 11.4 Å². The molecule has 2 aliphatic heterocycles. The number of piperazine rings is 2. The van der Waals surface area contributed by atoms with Crippen LogP contribution in [0.3, 0.4) is 0 Å². The van der Waals surface area contributed by atoms with Gasteiger partial charge in [0.1, 0.15) is 5.56 Å². The second kappa shape index (κ2) is 11.5. The lowest BCUT2D eigenvalue weighted by atomic mass is 10.1. The van der Waals surface area contributed by atoms with E-state index in [1.807, 2.05) is 21.6 Å². The number of hydrogen-bond acceptors (Lipinski definition) is 7. The summed E-state index contributed by atoms with van der Waals surface area (Å²) in [6.07, 6.45) is 3.40. The number of aromatic nitrogens is 1. The number of benzene rings is 2. The molecule has 0 atom stereocenters. The number of ether oxygens (including phenoxy) is 2. The summed E-state index contributed by atoms with van der Waals surface area (Å²) < 4.78 is 12.5. The van der Waals surface area contributed by atoms with Gasteiger partial charge in [0.2, 0.25) is 5.43 Å². The number of methoxy groups -OCH3 is 2. The molecule has 2 aromatic carbocycles. The Morgan fingerprint density at radius 1 is 0.791 bits per heavy atom. The third-order valence-electron chi connectivity index (χ3n) is 8.57. The van der Waals surface area contributed by atoms with Gasteiger partial charge in [0.15, 0.2) is 11.5 Å². The highest BCUT2D eigenvalue weighted by molar-refractivity contribution is 5.95. The Hall–Kier alpha value is -4.74. The van der Waals surface area contributed by atoms with Gasteiger partial charge in [0.05, 0.1) is 19.7 Å². The number of nitrogens with zero attached hydrogens (tertiary/aromatic N) is 5. The van der Waals surface area contributed by atoms with E-state index >= 15 is 0 Å². The average molecular weight is 590 g/mol. The highest BCUT2D eigenvalue weighted by Crippen LogP contribution is 2.37. The van der Waals surface area contributed by atoms with E-state index in [0.717, 1.165) is 24.0 Å². The van der Waals surface area contributed by atoms with E-state index in [2.05, 4.69) is 4.90 Å². The van der Waals surface area contributed by atoms with Gasteiger partial charge in [-0.05, 0) is 49.2 Å². The van der Waals surface area contributed by atoms with Crippen LogP contribution in [0.4, 0.5) is 10.5 Å². The van der Waals surface area contributed by atoms with Crippen molar-refractivity contribution in [1.82, 2.24) is 19.3 Å². The molecular weight excluding hydrogens is 554 g/mol. The van der Waals surface area contributed by atoms with Gasteiger partial charge in [-0.15, -0.1) is 0 Å². The normalized spacial score (nSPS) is 17.3. The molecule has 3 aliphatic rings. The second-order valence-electron chi connectivity index (χ2n) is 11.1. The third-order valence-corrected chi connectivity index (χ3v) is 8.57. The van der Waals surface area contributed by atoms with Gasteiger partial charge in [-0.1, -0.05) is 0 Å². The zero-order valence-corrected chi connectivity index (χ0v) is 24.3. The van der Waals surface area contributed by atoms with E-state index in [1.165, 1.54) is 13.3 Å². The van der Waals surface area contributed by atoms with Crippen LogP contribution in [0.25, 0.3) is 10.9 Å². The van der Waals surface area contributed by atoms with E-state index in [1.54, 1.807) is 41.2 Å². The minimum atomic E-state index is -1.21. The van der Waals surface area contributed by atoms with Crippen LogP contribution in [0.5, 0.6) is 11.5 Å². The Morgan fingerprint density at radius 3 is 2.02 bits per heavy atom. The number of carbonyl (C=O) groups is 3. The Morgan fingerprint density at radius 2 is 1.42 bits per heavy atom. The van der Waals surface area contributed by atoms with Crippen molar-refractivity contribution in [2.75, 3.05) is 71.5 Å². The van der Waals surface area contributed by atoms with Gasteiger partial charge >= 0.3 is 12.0 Å². The van der Waals surface area contributed by atoms with Gasteiger partial charge < -0.3 is 38.7 Å². The van der Waals surface area contributed by atoms with Crippen molar-refractivity contribution < 1.29 is 29.0 Å². The largest absolute Gasteiger partial charge is 0.493 e. The summed E-state index contributed by atoms with van der Waals surface area (Å²) in [5.41, 5.74) is 1.53. The summed E-state index contributed by atoms with van der Waals surface area (Å²) >= 11 is 0. The molecule has 0 radical (unpaired) electrons. The number of carbonyl (C=O) groups excluding carboxylic acids is 2. The van der Waals surface area contributed by atoms with Crippen LogP contribution in [0.15, 0.2) is 47.4 Å². The number of fused-ring (bicyclic) bond motifs is 1. The standard InChI is InChI=1S/C31H35N5O7/c1-42-26-8-3-20(17-27(26)43-2)29(38)33-11-15-35(16-12-33)31(41)34-13-9-32(10-14-34)22-6-7-23-25(18-22)36(21-4-5-21)19-24(28(23)37)30(39)40/h3,6-8,17-19,21H,4-5,9-16H2,1-2H3,(H,39,40). The lowest BCUT2D eigenvalue weighted by molar-refractivity contribution is 0.0636. The average Bonchev–Trinajstić information content (AvgIpc) is 3.89. The number of rotatable bonds is 6. The SMILES string of the molecule is COc1ccc(C(=O)N2CCN(C(=O)N3CCN(c4ccc5c(=O)c(C(=O)O)cn(C6CC6)c5c4)CC3)CC2)cc1OC. The first-order valence-corrected chi connectivity index (χ1v) is 14.5. The maximum absolute atomic E-state index is 13.3. The highest BCUT2D eigenvalue weighted by atomic mass is 16.5. The molecule has 3 fully saturated rings. The van der Waals surface area contributed by atoms with Crippen LogP contribution in [0.1, 0.15) is 39.6 Å². The number of pyridine rings is 1. The molecule has 0 spiro atoms. The molecule has 1 aromatic heterocycles. The van der Waals surface area contributed by atoms with E-state index in [4.69, 9.17) is 9.47 Å². The topological polar surface area (TPSA) is 125 Å². The third kappa shape index (κ3) is 5.44. The van der Waals surface area contributed by atoms with Crippen molar-refractivity contribution >= 4 is 34.5 Å². The van der Waals surface area contributed by atoms with Crippen molar-refractivity contribution in [3.8, 4) is 11.5 Å². The number of carboxylic acids is 1. The molecule has 2 saturated heterocycles. The van der Waals surface area contributed by atoms with E-state index in [9.17, 15) is 24.3 Å². The van der Waals surface area contributed by atoms with E-state index in [0.29, 0.717) is 74.8 Å². The maximum Gasteiger partial charge on any atom is 0.341 e. The Labute approximate surface area is 248 Å². The number of amides is 3. The van der Waals surface area contributed by atoms with Crippen LogP contribution >= 0.6 is 0 Å². The first-order valence-electron chi connectivity index (χ1n) is 14.5. The van der Waals surface area contributed by atoms with Crippen molar-refractivity contribution in [3.63, 3.8) is 0 Å². The molecule has 226 valence electrons. The van der Waals surface area contributed by atoms with Gasteiger partial charge in [-0.2, -0.15) is 0 Å². The molecular formula is C31H35N5O7. The molecule has 12 heteroatoms. The summed E-state index contributed by atoms with van der Waals surface area (Å²) in [6, 6.07) is 10.8. The van der Waals surface area contributed by atoms with Crippen LogP contribution in [-0.4, -0.2) is 109 Å². The molecule has 6 rings (SSSR count). The fraction of sp³-hybridized carbons (Fsp3) is 0.419. The zero-order valence-electron chi connectivity index (χ0n) is 24.3. The number of anilines is 1. The summed E-state index contributed by atoms with van der Waals surface area (Å²) in [4.78, 5) is 58.5. The Kier molecular flexibility index (Phi) is 7.59. The van der Waals surface area contributed by atoms with Crippen molar-refractivity contribution in [1.29, 1.82) is 0 Å². The van der Waals surface area contributed by atoms with Gasteiger partial charge in [-0.3, -0.25) is 9.59 Å². The monoisotopic (exact) mass is 589 g/mol. The van der Waals surface area contributed by atoms with Crippen LogP contribution in [0, 0.1) is 0 Å². The predicted molar refractivity (Wildman–Crippen MR) is 160 cm³/mol. The molecule has 3 aromatic rings. The number of aromatic carboxylic acids is 1. The minimum Gasteiger partial charge on any atom is -0.493 e. The Bertz CT molecular complexity index is 1630. The number of carboxylic acid groups (broad SMARTS) is 1. The molecule has 0 unspecified atom stereocenters. The minimum absolute atomic E-state index is 0.0276. The molecule has 1 N–H and O–H groups in total. The zero-order chi connectivity index (χ0) is 30.2. The molecule has 3 amide bonds. The fourth-order valence-electron chi connectivity index (χ4n) is 5.95. The van der Waals surface area contributed by atoms with Gasteiger partial charge in [0.25, 0.3) is 5.91 Å². The van der Waals surface area contributed by atoms with Crippen molar-refractivity contribution in [2.45, 2.75) is 18.9 Å². The fourth-order valence-corrected chi connectivity index (χ4v) is 5.95. The smallest absolute Gasteiger partial charge is 0.341 e. The van der Waals surface area contributed by atoms with E-state index in [-0.39, 0.29) is 23.5 Å². The molecule has 1 saturated carbocycles. The first kappa shape index (κ1) is 28.4. The number of urea groups is 1. The molecule has 1 aliphatic carbocycles. The first-order chi connectivity index (χ1) is 20.8. The predicted octanol–water partition coefficient (Wildman–Crippen LogP) is 2.75. The van der Waals surface area contributed by atoms with Crippen molar-refractivity contribution in [2.24, 2.45) is 0 Å². The Balaban J connectivity index is 1.07. The van der Waals surface area contributed by atoms with Crippen LogP contribution < -0.4 is 19.8 Å². The summed E-state index contributed by atoms with van der Waals surface area (Å²) in [5.74, 6) is -0.266. The lowest BCUT2D eigenvalue weighted by Gasteiger charge is -2.41. The molecule has 43 heavy (non-hydrogen) atoms. The summed E-state index contributed by atoms with van der Waals surface area (Å²) in [7, 11) is 3.08. The maximum atomic E-state index is 13.3. The lowest BCUT2D eigenvalue weighted by Crippen LogP contribution is -2.57. The van der Waals surface area contributed by atoms with Crippen LogP contribution in [0.2, 0.25) is 0 Å². The van der Waals surface area contributed by atoms with Gasteiger partial charge in [0, 0.05) is 81.2 Å². The molecule has 0 bridgehead atoms. The van der Waals surface area contributed by atoms with Crippen molar-refractivity contribution in [3.05, 3.63) is 63.9 Å². The van der Waals surface area contributed by atoms with Gasteiger partial charge in [-0.25, -0.2) is 9.59 Å². The number of hydrogen-bond donors (Lipinski definition) is 1. The molecule has 12 nitrogen and oxygen atoms in total. The quantitative estimate of drug-likeness (QED) is 0.466.